The summed E-state index contributed by atoms with van der Waals surface area (Å²) in [6.45, 7) is 3.34. The maximum atomic E-state index is 12.3. The molecule has 2 rings (SSSR count). The second-order valence-corrected chi connectivity index (χ2v) is 5.14. The average Bonchev–Trinajstić information content (AvgIpc) is 2.51. The van der Waals surface area contributed by atoms with Crippen molar-refractivity contribution in [3.8, 4) is 0 Å². The van der Waals surface area contributed by atoms with Gasteiger partial charge < -0.3 is 10.6 Å². The maximum absolute atomic E-state index is 12.3. The zero-order valence-corrected chi connectivity index (χ0v) is 12.5. The summed E-state index contributed by atoms with van der Waals surface area (Å²) >= 11 is 0. The number of amides is 1. The van der Waals surface area contributed by atoms with Gasteiger partial charge in [0.25, 0.3) is 0 Å². The molecule has 0 atom stereocenters. The van der Waals surface area contributed by atoms with E-state index >= 15 is 0 Å². The summed E-state index contributed by atoms with van der Waals surface area (Å²) in [5, 5.41) is 0. The maximum Gasteiger partial charge on any atom is 0.223 e. The molecule has 21 heavy (non-hydrogen) atoms. The molecule has 0 heterocycles. The lowest BCUT2D eigenvalue weighted by Gasteiger charge is -2.21. The van der Waals surface area contributed by atoms with Gasteiger partial charge in [-0.05, 0) is 36.6 Å². The van der Waals surface area contributed by atoms with Crippen LogP contribution in [0, 0.1) is 0 Å². The summed E-state index contributed by atoms with van der Waals surface area (Å²) in [7, 11) is 0. The van der Waals surface area contributed by atoms with Gasteiger partial charge in [0.1, 0.15) is 0 Å². The van der Waals surface area contributed by atoms with Crippen LogP contribution < -0.4 is 5.73 Å². The van der Waals surface area contributed by atoms with Gasteiger partial charge in [0.2, 0.25) is 5.91 Å². The van der Waals surface area contributed by atoms with Crippen LogP contribution >= 0.6 is 0 Å². The van der Waals surface area contributed by atoms with E-state index in [4.69, 9.17) is 5.73 Å². The third kappa shape index (κ3) is 4.63. The van der Waals surface area contributed by atoms with Crippen molar-refractivity contribution >= 4 is 11.6 Å². The van der Waals surface area contributed by atoms with E-state index in [0.717, 1.165) is 17.7 Å². The van der Waals surface area contributed by atoms with Gasteiger partial charge in [-0.25, -0.2) is 0 Å². The van der Waals surface area contributed by atoms with Crippen molar-refractivity contribution in [2.45, 2.75) is 26.3 Å². The molecule has 0 aromatic heterocycles. The molecule has 0 aliphatic carbocycles. The fourth-order valence-electron chi connectivity index (χ4n) is 2.34. The Morgan fingerprint density at radius 3 is 2.43 bits per heavy atom. The number of rotatable bonds is 6. The number of nitrogen functional groups attached to an aromatic ring is 1. The lowest BCUT2D eigenvalue weighted by atomic mass is 10.1. The molecule has 0 saturated carbocycles. The largest absolute Gasteiger partial charge is 0.399 e. The molecular formula is C18H22N2O. The highest BCUT2D eigenvalue weighted by Gasteiger charge is 2.12. The fourth-order valence-corrected chi connectivity index (χ4v) is 2.34. The van der Waals surface area contributed by atoms with Crippen molar-refractivity contribution in [1.29, 1.82) is 0 Å². The third-order valence-electron chi connectivity index (χ3n) is 3.53. The number of nitrogens with zero attached hydrogens (tertiary/aromatic N) is 1. The van der Waals surface area contributed by atoms with Gasteiger partial charge in [0.15, 0.2) is 0 Å². The van der Waals surface area contributed by atoms with Gasteiger partial charge in [0.05, 0.1) is 0 Å². The highest BCUT2D eigenvalue weighted by Crippen LogP contribution is 2.11. The summed E-state index contributed by atoms with van der Waals surface area (Å²) < 4.78 is 0. The first-order valence-corrected chi connectivity index (χ1v) is 7.35. The van der Waals surface area contributed by atoms with Gasteiger partial charge in [-0.15, -0.1) is 0 Å². The molecule has 0 spiro atoms. The van der Waals surface area contributed by atoms with E-state index in [9.17, 15) is 4.79 Å². The Bertz CT molecular complexity index is 581. The SMILES string of the molecule is CCN(Cc1cccc(N)c1)C(=O)CCc1ccccc1. The van der Waals surface area contributed by atoms with Crippen molar-refractivity contribution in [2.75, 3.05) is 12.3 Å². The number of carbonyl (C=O) groups is 1. The zero-order chi connectivity index (χ0) is 15.1. The summed E-state index contributed by atoms with van der Waals surface area (Å²) in [5.74, 6) is 0.184. The monoisotopic (exact) mass is 282 g/mol. The van der Waals surface area contributed by atoms with E-state index in [0.29, 0.717) is 19.5 Å². The number of hydrogen-bond acceptors (Lipinski definition) is 2. The minimum Gasteiger partial charge on any atom is -0.399 e. The molecule has 3 nitrogen and oxygen atoms in total. The van der Waals surface area contributed by atoms with Crippen LogP contribution in [-0.2, 0) is 17.8 Å². The molecule has 2 aromatic rings. The summed E-state index contributed by atoms with van der Waals surface area (Å²) in [4.78, 5) is 14.2. The molecule has 1 amide bonds. The van der Waals surface area contributed by atoms with E-state index < -0.39 is 0 Å². The Morgan fingerprint density at radius 1 is 1.05 bits per heavy atom. The van der Waals surface area contributed by atoms with E-state index in [1.54, 1.807) is 0 Å². The first kappa shape index (κ1) is 15.1. The number of hydrogen-bond donors (Lipinski definition) is 1. The molecule has 3 heteroatoms. The summed E-state index contributed by atoms with van der Waals surface area (Å²) in [6, 6.07) is 17.8. The lowest BCUT2D eigenvalue weighted by Crippen LogP contribution is -2.30. The zero-order valence-electron chi connectivity index (χ0n) is 12.5. The molecule has 0 unspecified atom stereocenters. The lowest BCUT2D eigenvalue weighted by molar-refractivity contribution is -0.131. The molecule has 0 aliphatic rings. The third-order valence-corrected chi connectivity index (χ3v) is 3.53. The Hall–Kier alpha value is -2.29. The van der Waals surface area contributed by atoms with E-state index in [2.05, 4.69) is 12.1 Å². The predicted octanol–water partition coefficient (Wildman–Crippen LogP) is 3.25. The van der Waals surface area contributed by atoms with E-state index in [1.165, 1.54) is 5.56 Å². The Morgan fingerprint density at radius 2 is 1.76 bits per heavy atom. The minimum atomic E-state index is 0.184. The standard InChI is InChI=1S/C18H22N2O/c1-2-20(14-16-9-6-10-17(19)13-16)18(21)12-11-15-7-4-3-5-8-15/h3-10,13H,2,11-12,14,19H2,1H3. The highest BCUT2D eigenvalue weighted by atomic mass is 16.2. The molecular weight excluding hydrogens is 260 g/mol. The Balaban J connectivity index is 1.92. The van der Waals surface area contributed by atoms with Crippen molar-refractivity contribution in [3.05, 3.63) is 65.7 Å². The molecule has 0 aliphatic heterocycles. The van der Waals surface area contributed by atoms with Crippen molar-refractivity contribution in [2.24, 2.45) is 0 Å². The minimum absolute atomic E-state index is 0.184. The number of carbonyl (C=O) groups excluding carboxylic acids is 1. The summed E-state index contributed by atoms with van der Waals surface area (Å²) in [5.41, 5.74) is 8.79. The highest BCUT2D eigenvalue weighted by molar-refractivity contribution is 5.76. The van der Waals surface area contributed by atoms with E-state index in [1.807, 2.05) is 54.3 Å². The molecule has 2 aromatic carbocycles. The van der Waals surface area contributed by atoms with Crippen LogP contribution in [0.5, 0.6) is 0 Å². The number of aryl methyl sites for hydroxylation is 1. The Labute approximate surface area is 126 Å². The van der Waals surface area contributed by atoms with Crippen LogP contribution in [-0.4, -0.2) is 17.4 Å². The predicted molar refractivity (Wildman–Crippen MR) is 86.7 cm³/mol. The number of anilines is 1. The van der Waals surface area contributed by atoms with Gasteiger partial charge in [-0.2, -0.15) is 0 Å². The average molecular weight is 282 g/mol. The first-order valence-electron chi connectivity index (χ1n) is 7.35. The van der Waals surface area contributed by atoms with Crippen molar-refractivity contribution < 1.29 is 4.79 Å². The first-order chi connectivity index (χ1) is 10.2. The van der Waals surface area contributed by atoms with Crippen LogP contribution in [0.1, 0.15) is 24.5 Å². The fraction of sp³-hybridized carbons (Fsp3) is 0.278. The summed E-state index contributed by atoms with van der Waals surface area (Å²) in [6.07, 6.45) is 1.33. The Kier molecular flexibility index (Phi) is 5.38. The molecule has 2 N–H and O–H groups in total. The second-order valence-electron chi connectivity index (χ2n) is 5.14. The second kappa shape index (κ2) is 7.48. The number of benzene rings is 2. The molecule has 0 fully saturated rings. The van der Waals surface area contributed by atoms with Crippen LogP contribution in [0.2, 0.25) is 0 Å². The van der Waals surface area contributed by atoms with Gasteiger partial charge in [-0.3, -0.25) is 4.79 Å². The van der Waals surface area contributed by atoms with Crippen molar-refractivity contribution in [3.63, 3.8) is 0 Å². The van der Waals surface area contributed by atoms with Gasteiger partial charge in [-0.1, -0.05) is 42.5 Å². The van der Waals surface area contributed by atoms with Crippen LogP contribution in [0.4, 0.5) is 5.69 Å². The molecule has 0 saturated heterocycles. The molecule has 0 bridgehead atoms. The normalized spacial score (nSPS) is 10.3. The van der Waals surface area contributed by atoms with Crippen LogP contribution in [0.15, 0.2) is 54.6 Å². The quantitative estimate of drug-likeness (QED) is 0.827. The topological polar surface area (TPSA) is 46.3 Å². The van der Waals surface area contributed by atoms with Gasteiger partial charge in [0, 0.05) is 25.2 Å². The smallest absolute Gasteiger partial charge is 0.223 e. The van der Waals surface area contributed by atoms with Crippen molar-refractivity contribution in [1.82, 2.24) is 4.90 Å². The van der Waals surface area contributed by atoms with E-state index in [-0.39, 0.29) is 5.91 Å². The molecule has 0 radical (unpaired) electrons. The van der Waals surface area contributed by atoms with Crippen LogP contribution in [0.25, 0.3) is 0 Å². The number of nitrogens with two attached hydrogens (primary N) is 1. The van der Waals surface area contributed by atoms with Gasteiger partial charge >= 0.3 is 0 Å². The van der Waals surface area contributed by atoms with Crippen LogP contribution in [0.3, 0.4) is 0 Å². The molecule has 110 valence electrons.